The average molecular weight is 1140 g/mol. The van der Waals surface area contributed by atoms with Crippen LogP contribution in [-0.4, -0.2) is 92.4 Å². The van der Waals surface area contributed by atoms with E-state index in [-0.39, 0.29) is 41.1 Å². The topological polar surface area (TPSA) is 198 Å². The van der Waals surface area contributed by atoms with Crippen LogP contribution in [0.4, 0.5) is 76.3 Å². The third kappa shape index (κ3) is 11.4. The van der Waals surface area contributed by atoms with Gasteiger partial charge in [-0.25, -0.2) is 60.7 Å². The highest BCUT2D eigenvalue weighted by molar-refractivity contribution is 7.84. The molecule has 5 heterocycles. The number of halogens is 6. The molecule has 2 aromatic heterocycles. The highest BCUT2D eigenvalue weighted by atomic mass is 32.2. The molecule has 0 spiro atoms. The first-order chi connectivity index (χ1) is 39.3. The molecule has 1 saturated heterocycles. The smallest absolute Gasteiger partial charge is 0.328 e. The normalized spacial score (nSPS) is 14.4. The van der Waals surface area contributed by atoms with Gasteiger partial charge >= 0.3 is 12.1 Å². The largest absolute Gasteiger partial charge is 0.338 e. The third-order valence-corrected chi connectivity index (χ3v) is 14.4. The quantitative estimate of drug-likeness (QED) is 0.0751. The minimum absolute atomic E-state index is 0.00450. The molecule has 24 heteroatoms. The summed E-state index contributed by atoms with van der Waals surface area (Å²) in [7, 11) is 0.278. The van der Waals surface area contributed by atoms with Crippen molar-refractivity contribution in [3.8, 4) is 22.5 Å². The van der Waals surface area contributed by atoms with Crippen molar-refractivity contribution in [3.05, 3.63) is 190 Å². The van der Waals surface area contributed by atoms with Gasteiger partial charge in [-0.1, -0.05) is 24.3 Å². The van der Waals surface area contributed by atoms with E-state index in [0.717, 1.165) is 52.7 Å². The van der Waals surface area contributed by atoms with Crippen molar-refractivity contribution < 1.29 is 49.7 Å². The van der Waals surface area contributed by atoms with Crippen LogP contribution >= 0.6 is 0 Å². The number of benzene rings is 6. The van der Waals surface area contributed by atoms with Gasteiger partial charge in [0.05, 0.1) is 35.3 Å². The number of carbonyl (C=O) groups excluding carboxylic acids is 4. The second-order valence-corrected chi connectivity index (χ2v) is 20.5. The molecule has 82 heavy (non-hydrogen) atoms. The molecule has 0 saturated carbocycles. The average Bonchev–Trinajstić information content (AvgIpc) is 3.65. The molecule has 6 aromatic carbocycles. The Labute approximate surface area is 467 Å². The summed E-state index contributed by atoms with van der Waals surface area (Å²) in [4.78, 5) is 76.3. The lowest BCUT2D eigenvalue weighted by Gasteiger charge is -2.35. The van der Waals surface area contributed by atoms with Gasteiger partial charge in [0.15, 0.2) is 11.6 Å². The Balaban J connectivity index is 0.000000185. The Bertz CT molecular complexity index is 3850. The van der Waals surface area contributed by atoms with Gasteiger partial charge in [0.25, 0.3) is 11.8 Å². The van der Waals surface area contributed by atoms with Crippen molar-refractivity contribution in [2.45, 2.75) is 32.1 Å². The molecule has 11 rings (SSSR count). The van der Waals surface area contributed by atoms with Crippen molar-refractivity contribution in [1.29, 1.82) is 0 Å². The van der Waals surface area contributed by atoms with E-state index in [2.05, 4.69) is 36.1 Å². The zero-order valence-electron chi connectivity index (χ0n) is 44.1. The number of carbonyl (C=O) groups is 4. The molecule has 1 unspecified atom stereocenters. The fourth-order valence-corrected chi connectivity index (χ4v) is 9.77. The standard InChI is InChI=1S/C31H28F3N7O2.C27H20F3N5O3S/c1-18-6-7-19(29(42)36-21-10-8-20(32)9-11-21)16-22(18)26-23-17-35-31(43)41(27-24(33)4-3-5-25(27)34)28(23)38-30(37-26)40-14-12-39(2)13-15-40;1-14-6-7-15(25(36)32-17-10-8-16(28)9-11-17)12-18(14)22-19-13-31-27(37)35(23-20(29)4-3-5-21(23)30)24(19)34-26(33-22)39(2)38/h3-11,16H,12-15,17H2,1-2H3,(H,35,43)(H,36,42);3-12H,13H2,1-2H3,(H,31,37)(H,32,36). The molecule has 17 nitrogen and oxygen atoms in total. The lowest BCUT2D eigenvalue weighted by molar-refractivity contribution is 0.101. The van der Waals surface area contributed by atoms with E-state index < -0.39 is 81.0 Å². The van der Waals surface area contributed by atoms with E-state index >= 15 is 8.78 Å². The predicted octanol–water partition coefficient (Wildman–Crippen LogP) is 10.5. The number of urea groups is 2. The number of anilines is 7. The van der Waals surface area contributed by atoms with Crippen molar-refractivity contribution in [3.63, 3.8) is 0 Å². The molecule has 418 valence electrons. The maximum atomic E-state index is 15.0. The van der Waals surface area contributed by atoms with Gasteiger partial charge in [-0.15, -0.1) is 0 Å². The first-order valence-electron chi connectivity index (χ1n) is 25.3. The molecule has 6 amide bonds. The van der Waals surface area contributed by atoms with Crippen LogP contribution in [0.2, 0.25) is 0 Å². The number of fused-ring (bicyclic) bond motifs is 2. The predicted molar refractivity (Wildman–Crippen MR) is 297 cm³/mol. The number of nitrogens with zero attached hydrogens (tertiary/aromatic N) is 8. The molecule has 3 aliphatic heterocycles. The number of para-hydroxylation sites is 2. The van der Waals surface area contributed by atoms with E-state index in [1.165, 1.54) is 66.9 Å². The van der Waals surface area contributed by atoms with Gasteiger partial charge in [0.1, 0.15) is 46.3 Å². The molecule has 0 aliphatic carbocycles. The zero-order valence-corrected chi connectivity index (χ0v) is 44.9. The van der Waals surface area contributed by atoms with E-state index in [0.29, 0.717) is 69.5 Å². The van der Waals surface area contributed by atoms with E-state index in [1.54, 1.807) is 43.3 Å². The molecule has 4 N–H and O–H groups in total. The molecule has 3 aliphatic rings. The fraction of sp³-hybridized carbons (Fsp3) is 0.172. The van der Waals surface area contributed by atoms with E-state index in [1.807, 2.05) is 18.9 Å². The molecule has 1 fully saturated rings. The van der Waals surface area contributed by atoms with Crippen molar-refractivity contribution >= 4 is 75.0 Å². The summed E-state index contributed by atoms with van der Waals surface area (Å²) in [6, 6.07) is 25.7. The summed E-state index contributed by atoms with van der Waals surface area (Å²) in [6.45, 7) is 6.26. The Hall–Kier alpha value is -9.55. The summed E-state index contributed by atoms with van der Waals surface area (Å²) >= 11 is 0. The van der Waals surface area contributed by atoms with Crippen LogP contribution in [0.1, 0.15) is 43.0 Å². The summed E-state index contributed by atoms with van der Waals surface area (Å²) in [5, 5.41) is 10.6. The second-order valence-electron chi connectivity index (χ2n) is 19.2. The van der Waals surface area contributed by atoms with Crippen molar-refractivity contribution in [2.24, 2.45) is 0 Å². The number of likely N-dealkylation sites (N-methyl/N-ethyl adjacent to an activating group) is 1. The number of aryl methyl sites for hydroxylation is 2. The Morgan fingerprint density at radius 1 is 0.549 bits per heavy atom. The molecule has 1 atom stereocenters. The lowest BCUT2D eigenvalue weighted by Crippen LogP contribution is -2.46. The maximum absolute atomic E-state index is 15.0. The number of aromatic nitrogens is 4. The van der Waals surface area contributed by atoms with Crippen molar-refractivity contribution in [1.82, 2.24) is 35.5 Å². The highest BCUT2D eigenvalue weighted by Crippen LogP contribution is 2.42. The summed E-state index contributed by atoms with van der Waals surface area (Å²) in [5.41, 5.74) is 4.11. The fourth-order valence-electron chi connectivity index (χ4n) is 9.34. The van der Waals surface area contributed by atoms with Gasteiger partial charge in [-0.2, -0.15) is 4.98 Å². The maximum Gasteiger partial charge on any atom is 0.328 e. The number of piperazine rings is 1. The Morgan fingerprint density at radius 2 is 0.963 bits per heavy atom. The van der Waals surface area contributed by atoms with Gasteiger partial charge in [-0.3, -0.25) is 13.8 Å². The van der Waals surface area contributed by atoms with Crippen LogP contribution in [0.25, 0.3) is 22.5 Å². The highest BCUT2D eigenvalue weighted by Gasteiger charge is 2.37. The van der Waals surface area contributed by atoms with Crippen LogP contribution in [0, 0.1) is 48.8 Å². The minimum Gasteiger partial charge on any atom is -0.338 e. The summed E-state index contributed by atoms with van der Waals surface area (Å²) in [6.07, 6.45) is 1.34. The SMILES string of the molecule is Cc1ccc(C(=O)Nc2ccc(F)cc2)cc1-c1nc(N2CCN(C)CC2)nc2c1CNC(=O)N2c1c(F)cccc1F.Cc1ccc(C(=O)Nc2ccc(F)cc2)cc1-c1nc(S(C)=O)nc2c1CNC(=O)N2c1c(F)cccc1F. The first-order valence-corrected chi connectivity index (χ1v) is 26.9. The monoisotopic (exact) mass is 1140 g/mol. The zero-order chi connectivity index (χ0) is 58.1. The van der Waals surface area contributed by atoms with Crippen LogP contribution in [-0.2, 0) is 23.9 Å². The van der Waals surface area contributed by atoms with Crippen molar-refractivity contribution in [2.75, 3.05) is 64.8 Å². The van der Waals surface area contributed by atoms with Gasteiger partial charge in [0, 0.05) is 77.2 Å². The summed E-state index contributed by atoms with van der Waals surface area (Å²) < 4.78 is 98.7. The van der Waals surface area contributed by atoms with Crippen LogP contribution in [0.3, 0.4) is 0 Å². The van der Waals surface area contributed by atoms with E-state index in [9.17, 15) is 40.9 Å². The number of amides is 6. The number of hydrogen-bond donors (Lipinski definition) is 4. The molecular formula is C58H48F6N12O5S. The summed E-state index contributed by atoms with van der Waals surface area (Å²) in [5.74, 6) is -5.34. The van der Waals surface area contributed by atoms with Crippen LogP contribution in [0.15, 0.2) is 126 Å². The van der Waals surface area contributed by atoms with Gasteiger partial charge in [0.2, 0.25) is 11.1 Å². The Morgan fingerprint density at radius 3 is 1.39 bits per heavy atom. The first kappa shape index (κ1) is 55.8. The second kappa shape index (κ2) is 23.3. The van der Waals surface area contributed by atoms with Gasteiger partial charge < -0.3 is 31.1 Å². The minimum atomic E-state index is -1.73. The Kier molecular flexibility index (Phi) is 15.8. The van der Waals surface area contributed by atoms with Crippen LogP contribution < -0.4 is 36.0 Å². The van der Waals surface area contributed by atoms with Gasteiger partial charge in [-0.05, 0) is 129 Å². The molecule has 0 radical (unpaired) electrons. The number of nitrogens with one attached hydrogen (secondary N) is 4. The molecule has 0 bridgehead atoms. The van der Waals surface area contributed by atoms with E-state index in [4.69, 9.17) is 9.97 Å². The number of rotatable bonds is 10. The number of hydrogen-bond acceptors (Lipinski definition) is 11. The molecule has 8 aromatic rings. The molecular weight excluding hydrogens is 1090 g/mol. The third-order valence-electron chi connectivity index (χ3n) is 13.7. The lowest BCUT2D eigenvalue weighted by atomic mass is 9.97. The van der Waals surface area contributed by atoms with Crippen LogP contribution in [0.5, 0.6) is 0 Å².